The van der Waals surface area contributed by atoms with Crippen LogP contribution in [0.1, 0.15) is 16.7 Å². The first-order valence-electron chi connectivity index (χ1n) is 11.3. The summed E-state index contributed by atoms with van der Waals surface area (Å²) in [5, 5.41) is 0. The molecule has 0 amide bonds. The molecule has 200 valence electrons. The van der Waals surface area contributed by atoms with E-state index in [1.807, 2.05) is 57.2 Å². The standard InChI is InChI=1S/C27H33O9P/c1-16-10-19(28-4)25(20(11-16)29-5)34-37(35-26-21(30-6)12-17(2)13-22(26)31-7)36-27-23(32-8)14-18(3)15-24(27)33-9/h10-15H,1-9H3. The summed E-state index contributed by atoms with van der Waals surface area (Å²) in [6.07, 6.45) is 0. The highest BCUT2D eigenvalue weighted by atomic mass is 31.2. The Labute approximate surface area is 219 Å². The van der Waals surface area contributed by atoms with E-state index in [4.69, 9.17) is 42.0 Å². The molecule has 0 aliphatic heterocycles. The van der Waals surface area contributed by atoms with E-state index in [0.717, 1.165) is 16.7 Å². The monoisotopic (exact) mass is 532 g/mol. The van der Waals surface area contributed by atoms with Gasteiger partial charge in [0.1, 0.15) is 0 Å². The smallest absolute Gasteiger partial charge is 0.493 e. The van der Waals surface area contributed by atoms with E-state index in [2.05, 4.69) is 0 Å². The lowest BCUT2D eigenvalue weighted by molar-refractivity contribution is 0.308. The summed E-state index contributed by atoms with van der Waals surface area (Å²) in [4.78, 5) is 0. The van der Waals surface area contributed by atoms with Crippen molar-refractivity contribution >= 4 is 8.60 Å². The summed E-state index contributed by atoms with van der Waals surface area (Å²) < 4.78 is 52.4. The fourth-order valence-electron chi connectivity index (χ4n) is 3.58. The first kappa shape index (κ1) is 27.9. The lowest BCUT2D eigenvalue weighted by Crippen LogP contribution is -2.07. The maximum Gasteiger partial charge on any atom is 0.531 e. The van der Waals surface area contributed by atoms with Gasteiger partial charge in [0.15, 0.2) is 34.5 Å². The first-order chi connectivity index (χ1) is 17.8. The topological polar surface area (TPSA) is 83.1 Å². The van der Waals surface area contributed by atoms with Crippen LogP contribution in [0.5, 0.6) is 51.7 Å². The summed E-state index contributed by atoms with van der Waals surface area (Å²) >= 11 is 0. The molecule has 0 aliphatic rings. The molecule has 9 nitrogen and oxygen atoms in total. The van der Waals surface area contributed by atoms with Crippen LogP contribution < -0.4 is 42.0 Å². The molecule has 37 heavy (non-hydrogen) atoms. The molecule has 0 aliphatic carbocycles. The molecule has 0 fully saturated rings. The van der Waals surface area contributed by atoms with Gasteiger partial charge in [0.2, 0.25) is 17.2 Å². The van der Waals surface area contributed by atoms with Crippen molar-refractivity contribution in [3.05, 3.63) is 53.1 Å². The van der Waals surface area contributed by atoms with Gasteiger partial charge in [-0.1, -0.05) is 0 Å². The lowest BCUT2D eigenvalue weighted by atomic mass is 10.2. The van der Waals surface area contributed by atoms with Gasteiger partial charge in [0.25, 0.3) is 0 Å². The lowest BCUT2D eigenvalue weighted by Gasteiger charge is -2.24. The van der Waals surface area contributed by atoms with Crippen molar-refractivity contribution < 1.29 is 42.0 Å². The Kier molecular flexibility index (Phi) is 9.42. The second-order valence-corrected chi connectivity index (χ2v) is 8.99. The van der Waals surface area contributed by atoms with Gasteiger partial charge < -0.3 is 42.0 Å². The number of ether oxygens (including phenoxy) is 6. The number of hydrogen-bond donors (Lipinski definition) is 0. The molecule has 0 heterocycles. The minimum absolute atomic E-state index is 0.303. The van der Waals surface area contributed by atoms with Crippen LogP contribution in [0.2, 0.25) is 0 Å². The van der Waals surface area contributed by atoms with Crippen LogP contribution in [0.15, 0.2) is 36.4 Å². The molecule has 10 heteroatoms. The zero-order valence-electron chi connectivity index (χ0n) is 22.6. The number of rotatable bonds is 12. The minimum Gasteiger partial charge on any atom is -0.493 e. The van der Waals surface area contributed by atoms with Crippen LogP contribution in [0, 0.1) is 20.8 Å². The molecule has 0 aromatic heterocycles. The predicted molar refractivity (Wildman–Crippen MR) is 142 cm³/mol. The van der Waals surface area contributed by atoms with E-state index >= 15 is 0 Å². The molecule has 0 bridgehead atoms. The van der Waals surface area contributed by atoms with Crippen molar-refractivity contribution in [3.63, 3.8) is 0 Å². The van der Waals surface area contributed by atoms with Crippen LogP contribution in [0.3, 0.4) is 0 Å². The SMILES string of the molecule is COc1cc(C)cc(OC)c1OP(Oc1c(OC)cc(C)cc1OC)Oc1c(OC)cc(C)cc1OC. The summed E-state index contributed by atoms with van der Waals surface area (Å²) in [6, 6.07) is 10.9. The molecule has 0 saturated carbocycles. The molecule has 3 rings (SSSR count). The minimum atomic E-state index is -2.23. The molecule has 0 atom stereocenters. The Hall–Kier alpha value is -3.71. The van der Waals surface area contributed by atoms with Gasteiger partial charge in [-0.05, 0) is 73.9 Å². The molecule has 0 N–H and O–H groups in total. The Bertz CT molecular complexity index is 1000. The highest BCUT2D eigenvalue weighted by Crippen LogP contribution is 2.55. The average molecular weight is 533 g/mol. The van der Waals surface area contributed by atoms with Gasteiger partial charge in [0.05, 0.1) is 42.7 Å². The zero-order chi connectivity index (χ0) is 27.1. The Balaban J connectivity index is 2.16. The second kappa shape index (κ2) is 12.5. The second-order valence-electron chi connectivity index (χ2n) is 7.99. The fourth-order valence-corrected chi connectivity index (χ4v) is 4.68. The molecule has 3 aromatic rings. The summed E-state index contributed by atoms with van der Waals surface area (Å²) in [7, 11) is 7.04. The van der Waals surface area contributed by atoms with Gasteiger partial charge >= 0.3 is 8.60 Å². The largest absolute Gasteiger partial charge is 0.531 e. The van der Waals surface area contributed by atoms with Crippen molar-refractivity contribution in [1.82, 2.24) is 0 Å². The van der Waals surface area contributed by atoms with Crippen LogP contribution in [0.25, 0.3) is 0 Å². The third kappa shape index (κ3) is 6.35. The van der Waals surface area contributed by atoms with Crippen LogP contribution in [-0.2, 0) is 0 Å². The average Bonchev–Trinajstić information content (AvgIpc) is 2.90. The Morgan fingerprint density at radius 1 is 0.378 bits per heavy atom. The maximum absolute atomic E-state index is 6.33. The summed E-state index contributed by atoms with van der Waals surface area (Å²) in [6.45, 7) is 5.78. The summed E-state index contributed by atoms with van der Waals surface area (Å²) in [5.74, 6) is 3.59. The van der Waals surface area contributed by atoms with E-state index in [9.17, 15) is 0 Å². The van der Waals surface area contributed by atoms with Crippen LogP contribution in [-0.4, -0.2) is 42.7 Å². The quantitative estimate of drug-likeness (QED) is 0.245. The number of aryl methyl sites for hydroxylation is 3. The highest BCUT2D eigenvalue weighted by Gasteiger charge is 2.31. The Morgan fingerprint density at radius 2 is 0.568 bits per heavy atom. The zero-order valence-corrected chi connectivity index (χ0v) is 23.5. The third-order valence-electron chi connectivity index (χ3n) is 5.31. The van der Waals surface area contributed by atoms with E-state index in [0.29, 0.717) is 51.7 Å². The van der Waals surface area contributed by atoms with Gasteiger partial charge in [-0.25, -0.2) is 0 Å². The van der Waals surface area contributed by atoms with E-state index in [1.165, 1.54) is 0 Å². The van der Waals surface area contributed by atoms with E-state index < -0.39 is 8.60 Å². The highest BCUT2D eigenvalue weighted by molar-refractivity contribution is 7.43. The third-order valence-corrected chi connectivity index (χ3v) is 6.31. The van der Waals surface area contributed by atoms with E-state index in [-0.39, 0.29) is 0 Å². The van der Waals surface area contributed by atoms with Crippen molar-refractivity contribution in [1.29, 1.82) is 0 Å². The van der Waals surface area contributed by atoms with Crippen molar-refractivity contribution in [2.24, 2.45) is 0 Å². The normalized spacial score (nSPS) is 10.5. The maximum atomic E-state index is 6.33. The Morgan fingerprint density at radius 3 is 0.730 bits per heavy atom. The molecule has 3 aromatic carbocycles. The van der Waals surface area contributed by atoms with Gasteiger partial charge in [-0.2, -0.15) is 0 Å². The number of methoxy groups -OCH3 is 6. The summed E-state index contributed by atoms with van der Waals surface area (Å²) in [5.41, 5.74) is 2.78. The van der Waals surface area contributed by atoms with Crippen molar-refractivity contribution in [2.75, 3.05) is 42.7 Å². The predicted octanol–water partition coefficient (Wildman–Crippen LogP) is 6.43. The number of benzene rings is 3. The first-order valence-corrected chi connectivity index (χ1v) is 12.4. The van der Waals surface area contributed by atoms with Gasteiger partial charge in [0, 0.05) is 0 Å². The number of hydrogen-bond acceptors (Lipinski definition) is 9. The fraction of sp³-hybridized carbons (Fsp3) is 0.333. The van der Waals surface area contributed by atoms with Crippen molar-refractivity contribution in [3.8, 4) is 51.7 Å². The molecular weight excluding hydrogens is 499 g/mol. The van der Waals surface area contributed by atoms with Gasteiger partial charge in [-0.15, -0.1) is 0 Å². The molecule has 0 radical (unpaired) electrons. The van der Waals surface area contributed by atoms with Crippen LogP contribution >= 0.6 is 8.60 Å². The van der Waals surface area contributed by atoms with Crippen LogP contribution in [0.4, 0.5) is 0 Å². The molecule has 0 spiro atoms. The van der Waals surface area contributed by atoms with Crippen molar-refractivity contribution in [2.45, 2.75) is 20.8 Å². The molecular formula is C27H33O9P. The van der Waals surface area contributed by atoms with Gasteiger partial charge in [-0.3, -0.25) is 0 Å². The van der Waals surface area contributed by atoms with E-state index in [1.54, 1.807) is 42.7 Å². The molecule has 0 saturated heterocycles. The molecule has 0 unspecified atom stereocenters.